The molecule has 1 atom stereocenters. The van der Waals surface area contributed by atoms with Crippen molar-refractivity contribution in [3.8, 4) is 0 Å². The van der Waals surface area contributed by atoms with E-state index in [1.54, 1.807) is 6.92 Å². The van der Waals surface area contributed by atoms with E-state index in [2.05, 4.69) is 10.3 Å². The Balaban J connectivity index is 2.10. The van der Waals surface area contributed by atoms with Crippen LogP contribution in [0, 0.1) is 6.92 Å². The molecule has 1 aliphatic carbocycles. The lowest BCUT2D eigenvalue weighted by atomic mass is 9.67. The minimum absolute atomic E-state index is 0.328. The van der Waals surface area contributed by atoms with Crippen LogP contribution in [0.4, 0.5) is 0 Å². The van der Waals surface area contributed by atoms with Gasteiger partial charge in [-0.05, 0) is 37.3 Å². The van der Waals surface area contributed by atoms with Crippen LogP contribution in [-0.4, -0.2) is 21.4 Å². The number of carbonyl (C=O) groups is 1. The smallest absolute Gasteiger partial charge is 0.314 e. The maximum atomic E-state index is 12.0. The van der Waals surface area contributed by atoms with Crippen molar-refractivity contribution in [3.05, 3.63) is 46.8 Å². The molecule has 0 bridgehead atoms. The second kappa shape index (κ2) is 4.74. The molecule has 0 aliphatic heterocycles. The molecule has 1 aliphatic rings. The third-order valence-corrected chi connectivity index (χ3v) is 4.21. The van der Waals surface area contributed by atoms with Crippen LogP contribution in [0.3, 0.4) is 0 Å². The van der Waals surface area contributed by atoms with Crippen LogP contribution >= 0.6 is 0 Å². The Labute approximate surface area is 116 Å². The monoisotopic (exact) mass is 272 g/mol. The van der Waals surface area contributed by atoms with Gasteiger partial charge < -0.3 is 5.11 Å². The number of carboxylic acids is 1. The molecule has 20 heavy (non-hydrogen) atoms. The summed E-state index contributed by atoms with van der Waals surface area (Å²) in [6, 6.07) is 7.79. The highest BCUT2D eigenvalue weighted by Gasteiger charge is 2.44. The molecule has 3 rings (SSSR count). The molecule has 1 N–H and O–H groups in total. The third kappa shape index (κ3) is 1.90. The fourth-order valence-corrected chi connectivity index (χ4v) is 3.10. The first-order valence-electron chi connectivity index (χ1n) is 6.73. The van der Waals surface area contributed by atoms with E-state index in [4.69, 9.17) is 4.63 Å². The first kappa shape index (κ1) is 12.8. The van der Waals surface area contributed by atoms with Crippen molar-refractivity contribution in [2.24, 2.45) is 0 Å². The van der Waals surface area contributed by atoms with Crippen molar-refractivity contribution in [1.29, 1.82) is 0 Å². The van der Waals surface area contributed by atoms with Gasteiger partial charge in [-0.2, -0.15) is 0 Å². The van der Waals surface area contributed by atoms with E-state index >= 15 is 0 Å². The van der Waals surface area contributed by atoms with Crippen molar-refractivity contribution in [1.82, 2.24) is 10.3 Å². The molecule has 5 heteroatoms. The molecule has 1 heterocycles. The minimum Gasteiger partial charge on any atom is -0.481 e. The van der Waals surface area contributed by atoms with E-state index in [-0.39, 0.29) is 0 Å². The first-order chi connectivity index (χ1) is 9.63. The van der Waals surface area contributed by atoms with Crippen LogP contribution < -0.4 is 0 Å². The lowest BCUT2D eigenvalue weighted by Gasteiger charge is -2.35. The summed E-state index contributed by atoms with van der Waals surface area (Å²) < 4.78 is 4.71. The molecule has 0 saturated heterocycles. The summed E-state index contributed by atoms with van der Waals surface area (Å²) in [4.78, 5) is 12.0. The summed E-state index contributed by atoms with van der Waals surface area (Å²) in [7, 11) is 0. The zero-order valence-electron chi connectivity index (χ0n) is 11.3. The molecule has 0 saturated carbocycles. The fourth-order valence-electron chi connectivity index (χ4n) is 3.10. The Morgan fingerprint density at radius 1 is 1.40 bits per heavy atom. The highest BCUT2D eigenvalue weighted by molar-refractivity contribution is 5.82. The Hall–Kier alpha value is -2.17. The van der Waals surface area contributed by atoms with E-state index in [1.807, 2.05) is 24.3 Å². The minimum atomic E-state index is -0.918. The number of aryl methyl sites for hydroxylation is 2. The zero-order valence-corrected chi connectivity index (χ0v) is 11.3. The van der Waals surface area contributed by atoms with E-state index < -0.39 is 11.4 Å². The molecule has 1 aromatic heterocycles. The van der Waals surface area contributed by atoms with Gasteiger partial charge in [0.2, 0.25) is 0 Å². The average Bonchev–Trinajstić information content (AvgIpc) is 2.84. The number of fused-ring (bicyclic) bond motifs is 1. The summed E-state index contributed by atoms with van der Waals surface area (Å²) in [5.41, 5.74) is 2.40. The number of aliphatic carboxylic acids is 1. The summed E-state index contributed by atoms with van der Waals surface area (Å²) in [6.07, 6.45) is 2.75. The van der Waals surface area contributed by atoms with E-state index in [1.165, 1.54) is 0 Å². The standard InChI is InChI=1S/C15H16N2O3/c1-10-13(17-20-16-10)9-15(14(18)19)8-4-6-11-5-2-3-7-12(11)15/h2-3,5,7H,4,6,8-9H2,1H3,(H,18,19). The van der Waals surface area contributed by atoms with Crippen molar-refractivity contribution in [2.75, 3.05) is 0 Å². The summed E-state index contributed by atoms with van der Waals surface area (Å²) in [5, 5.41) is 17.5. The van der Waals surface area contributed by atoms with Gasteiger partial charge in [0.05, 0.1) is 5.41 Å². The Bertz CT molecular complexity index is 650. The molecule has 0 amide bonds. The van der Waals surface area contributed by atoms with Gasteiger partial charge in [-0.25, -0.2) is 4.63 Å². The van der Waals surface area contributed by atoms with Gasteiger partial charge in [0.25, 0.3) is 0 Å². The SMILES string of the molecule is Cc1nonc1CC1(C(=O)O)CCCc2ccccc21. The third-order valence-electron chi connectivity index (χ3n) is 4.21. The summed E-state index contributed by atoms with van der Waals surface area (Å²) in [6.45, 7) is 1.79. The number of benzene rings is 1. The van der Waals surface area contributed by atoms with Gasteiger partial charge in [0.15, 0.2) is 0 Å². The molecule has 1 unspecified atom stereocenters. The van der Waals surface area contributed by atoms with Crippen LogP contribution in [0.25, 0.3) is 0 Å². The zero-order chi connectivity index (χ0) is 14.2. The van der Waals surface area contributed by atoms with Crippen LogP contribution in [0.15, 0.2) is 28.9 Å². The normalized spacial score (nSPS) is 21.4. The largest absolute Gasteiger partial charge is 0.481 e. The van der Waals surface area contributed by atoms with Crippen molar-refractivity contribution in [3.63, 3.8) is 0 Å². The molecule has 0 spiro atoms. The lowest BCUT2D eigenvalue weighted by molar-refractivity contribution is -0.144. The summed E-state index contributed by atoms with van der Waals surface area (Å²) >= 11 is 0. The maximum absolute atomic E-state index is 12.0. The van der Waals surface area contributed by atoms with Gasteiger partial charge in [0, 0.05) is 6.42 Å². The van der Waals surface area contributed by atoms with Crippen LogP contribution in [0.1, 0.15) is 35.4 Å². The molecule has 1 aromatic carbocycles. The molecule has 5 nitrogen and oxygen atoms in total. The second-order valence-electron chi connectivity index (χ2n) is 5.37. The van der Waals surface area contributed by atoms with Gasteiger partial charge in [-0.1, -0.05) is 34.6 Å². The number of nitrogens with zero attached hydrogens (tertiary/aromatic N) is 2. The fraction of sp³-hybridized carbons (Fsp3) is 0.400. The number of rotatable bonds is 3. The lowest BCUT2D eigenvalue weighted by Crippen LogP contribution is -2.41. The Kier molecular flexibility index (Phi) is 3.04. The van der Waals surface area contributed by atoms with E-state index in [0.29, 0.717) is 24.2 Å². The maximum Gasteiger partial charge on any atom is 0.314 e. The molecular weight excluding hydrogens is 256 g/mol. The van der Waals surface area contributed by atoms with E-state index in [9.17, 15) is 9.90 Å². The number of aromatic nitrogens is 2. The highest BCUT2D eigenvalue weighted by Crippen LogP contribution is 2.40. The average molecular weight is 272 g/mol. The van der Waals surface area contributed by atoms with Gasteiger partial charge in [0.1, 0.15) is 11.4 Å². The highest BCUT2D eigenvalue weighted by atomic mass is 16.6. The van der Waals surface area contributed by atoms with Crippen molar-refractivity contribution < 1.29 is 14.5 Å². The van der Waals surface area contributed by atoms with Crippen molar-refractivity contribution >= 4 is 5.97 Å². The molecule has 0 radical (unpaired) electrons. The van der Waals surface area contributed by atoms with Gasteiger partial charge in [-0.15, -0.1) is 0 Å². The topological polar surface area (TPSA) is 76.2 Å². The molecular formula is C15H16N2O3. The van der Waals surface area contributed by atoms with Crippen LogP contribution in [-0.2, 0) is 23.1 Å². The molecule has 0 fully saturated rings. The van der Waals surface area contributed by atoms with E-state index in [0.717, 1.165) is 24.0 Å². The summed E-state index contributed by atoms with van der Waals surface area (Å²) in [5.74, 6) is -0.799. The Morgan fingerprint density at radius 3 is 2.90 bits per heavy atom. The van der Waals surface area contributed by atoms with Crippen LogP contribution in [0.5, 0.6) is 0 Å². The van der Waals surface area contributed by atoms with Gasteiger partial charge >= 0.3 is 5.97 Å². The predicted molar refractivity (Wildman–Crippen MR) is 71.4 cm³/mol. The molecule has 2 aromatic rings. The first-order valence-corrected chi connectivity index (χ1v) is 6.73. The van der Waals surface area contributed by atoms with Crippen LogP contribution in [0.2, 0.25) is 0 Å². The quantitative estimate of drug-likeness (QED) is 0.927. The Morgan fingerprint density at radius 2 is 2.20 bits per heavy atom. The molecule has 104 valence electrons. The van der Waals surface area contributed by atoms with Crippen molar-refractivity contribution in [2.45, 2.75) is 38.0 Å². The second-order valence-corrected chi connectivity index (χ2v) is 5.37. The van der Waals surface area contributed by atoms with Gasteiger partial charge in [-0.3, -0.25) is 4.79 Å². The predicted octanol–water partition coefficient (Wildman–Crippen LogP) is 2.28. The number of hydrogen-bond donors (Lipinski definition) is 1. The number of hydrogen-bond acceptors (Lipinski definition) is 4. The number of carboxylic acid groups (broad SMARTS) is 1.